The molecule has 0 radical (unpaired) electrons. The lowest BCUT2D eigenvalue weighted by atomic mass is 10.3. The van der Waals surface area contributed by atoms with Gasteiger partial charge in [-0.25, -0.2) is 0 Å². The highest BCUT2D eigenvalue weighted by Gasteiger charge is 2.11. The van der Waals surface area contributed by atoms with Crippen LogP contribution in [-0.2, 0) is 14.3 Å². The largest absolute Gasteiger partial charge is 0.466 e. The molecule has 1 aromatic rings. The van der Waals surface area contributed by atoms with E-state index in [1.165, 1.54) is 0 Å². The van der Waals surface area contributed by atoms with E-state index in [-0.39, 0.29) is 13.0 Å². The molecular weight excluding hydrogens is 196 g/mol. The van der Waals surface area contributed by atoms with Gasteiger partial charge >= 0.3 is 11.9 Å². The van der Waals surface area contributed by atoms with Gasteiger partial charge in [-0.3, -0.25) is 9.59 Å². The smallest absolute Gasteiger partial charge is 0.322 e. The SMILES string of the molecule is CCOC(=O)CC(=O)Oc1ccccc1. The monoisotopic (exact) mass is 208 g/mol. The number of para-hydroxylation sites is 1. The molecule has 0 aliphatic heterocycles. The molecule has 4 heteroatoms. The van der Waals surface area contributed by atoms with E-state index in [0.29, 0.717) is 5.75 Å². The van der Waals surface area contributed by atoms with Gasteiger partial charge in [0.25, 0.3) is 0 Å². The number of ether oxygens (including phenoxy) is 2. The molecule has 0 heterocycles. The normalized spacial score (nSPS) is 9.40. The van der Waals surface area contributed by atoms with Gasteiger partial charge in [0.2, 0.25) is 0 Å². The zero-order valence-corrected chi connectivity index (χ0v) is 8.43. The van der Waals surface area contributed by atoms with Gasteiger partial charge in [0.1, 0.15) is 12.2 Å². The van der Waals surface area contributed by atoms with Gasteiger partial charge in [-0.1, -0.05) is 18.2 Å². The van der Waals surface area contributed by atoms with Crippen LogP contribution in [0.5, 0.6) is 5.75 Å². The van der Waals surface area contributed by atoms with Gasteiger partial charge in [-0.2, -0.15) is 0 Å². The summed E-state index contributed by atoms with van der Waals surface area (Å²) in [6, 6.07) is 8.58. The summed E-state index contributed by atoms with van der Waals surface area (Å²) in [6.45, 7) is 1.94. The minimum absolute atomic E-state index is 0.261. The maximum atomic E-state index is 11.2. The first-order chi connectivity index (χ1) is 7.22. The highest BCUT2D eigenvalue weighted by atomic mass is 16.6. The molecule has 1 rings (SSSR count). The Morgan fingerprint density at radius 3 is 2.40 bits per heavy atom. The Balaban J connectivity index is 2.40. The Bertz CT molecular complexity index is 332. The molecule has 0 saturated heterocycles. The third-order valence-corrected chi connectivity index (χ3v) is 1.57. The zero-order valence-electron chi connectivity index (χ0n) is 8.43. The Labute approximate surface area is 87.8 Å². The summed E-state index contributed by atoms with van der Waals surface area (Å²) in [5, 5.41) is 0. The number of carbonyl (C=O) groups is 2. The third kappa shape index (κ3) is 4.26. The quantitative estimate of drug-likeness (QED) is 0.428. The van der Waals surface area contributed by atoms with E-state index < -0.39 is 11.9 Å². The van der Waals surface area contributed by atoms with Crippen LogP contribution in [0.1, 0.15) is 13.3 Å². The van der Waals surface area contributed by atoms with Crippen LogP contribution in [-0.4, -0.2) is 18.5 Å². The standard InChI is InChI=1S/C11H12O4/c1-2-14-10(12)8-11(13)15-9-6-4-3-5-7-9/h3-7H,2,8H2,1H3. The molecular formula is C11H12O4. The lowest BCUT2D eigenvalue weighted by Gasteiger charge is -2.03. The predicted molar refractivity (Wildman–Crippen MR) is 53.3 cm³/mol. The van der Waals surface area contributed by atoms with E-state index in [1.54, 1.807) is 31.2 Å². The van der Waals surface area contributed by atoms with Crippen molar-refractivity contribution >= 4 is 11.9 Å². The van der Waals surface area contributed by atoms with Crippen LogP contribution >= 0.6 is 0 Å². The molecule has 0 atom stereocenters. The summed E-state index contributed by atoms with van der Waals surface area (Å²) in [6.07, 6.45) is -0.358. The third-order valence-electron chi connectivity index (χ3n) is 1.57. The zero-order chi connectivity index (χ0) is 11.1. The van der Waals surface area contributed by atoms with Gasteiger partial charge < -0.3 is 9.47 Å². The second-order valence-corrected chi connectivity index (χ2v) is 2.77. The molecule has 0 N–H and O–H groups in total. The Morgan fingerprint density at radius 2 is 1.80 bits per heavy atom. The summed E-state index contributed by atoms with van der Waals surface area (Å²) in [5.74, 6) is -0.759. The summed E-state index contributed by atoms with van der Waals surface area (Å²) >= 11 is 0. The van der Waals surface area contributed by atoms with Crippen LogP contribution in [0, 0.1) is 0 Å². The maximum absolute atomic E-state index is 11.2. The Hall–Kier alpha value is -1.84. The van der Waals surface area contributed by atoms with Crippen molar-refractivity contribution in [2.75, 3.05) is 6.61 Å². The van der Waals surface area contributed by atoms with Gasteiger partial charge in [-0.05, 0) is 19.1 Å². The van der Waals surface area contributed by atoms with Crippen LogP contribution in [0.4, 0.5) is 0 Å². The summed E-state index contributed by atoms with van der Waals surface area (Å²) < 4.78 is 9.50. The summed E-state index contributed by atoms with van der Waals surface area (Å²) in [4.78, 5) is 22.1. The van der Waals surface area contributed by atoms with E-state index in [4.69, 9.17) is 4.74 Å². The van der Waals surface area contributed by atoms with Crippen LogP contribution in [0.3, 0.4) is 0 Å². The van der Waals surface area contributed by atoms with Crippen molar-refractivity contribution in [3.8, 4) is 5.75 Å². The second-order valence-electron chi connectivity index (χ2n) is 2.77. The predicted octanol–water partition coefficient (Wildman–Crippen LogP) is 1.55. The first-order valence-corrected chi connectivity index (χ1v) is 4.63. The number of esters is 2. The van der Waals surface area contributed by atoms with Crippen LogP contribution in [0.2, 0.25) is 0 Å². The number of carbonyl (C=O) groups excluding carboxylic acids is 2. The van der Waals surface area contributed by atoms with Gasteiger partial charge in [0.15, 0.2) is 0 Å². The highest BCUT2D eigenvalue weighted by Crippen LogP contribution is 2.09. The fourth-order valence-electron chi connectivity index (χ4n) is 0.986. The summed E-state index contributed by atoms with van der Waals surface area (Å²) in [7, 11) is 0. The van der Waals surface area contributed by atoms with E-state index in [2.05, 4.69) is 4.74 Å². The first kappa shape index (κ1) is 11.2. The minimum atomic E-state index is -0.611. The number of hydrogen-bond donors (Lipinski definition) is 0. The Morgan fingerprint density at radius 1 is 1.13 bits per heavy atom. The van der Waals surface area contributed by atoms with Crippen molar-refractivity contribution in [2.45, 2.75) is 13.3 Å². The van der Waals surface area contributed by atoms with Gasteiger partial charge in [0, 0.05) is 0 Å². The van der Waals surface area contributed by atoms with Crippen molar-refractivity contribution in [3.05, 3.63) is 30.3 Å². The molecule has 0 saturated carbocycles. The molecule has 0 aliphatic rings. The molecule has 0 spiro atoms. The van der Waals surface area contributed by atoms with E-state index in [1.807, 2.05) is 6.07 Å². The lowest BCUT2D eigenvalue weighted by molar-refractivity contribution is -0.149. The lowest BCUT2D eigenvalue weighted by Crippen LogP contribution is -2.15. The molecule has 0 amide bonds. The maximum Gasteiger partial charge on any atom is 0.322 e. The average Bonchev–Trinajstić information content (AvgIpc) is 2.19. The first-order valence-electron chi connectivity index (χ1n) is 4.63. The molecule has 4 nitrogen and oxygen atoms in total. The van der Waals surface area contributed by atoms with Crippen molar-refractivity contribution in [3.63, 3.8) is 0 Å². The van der Waals surface area contributed by atoms with Crippen molar-refractivity contribution in [1.82, 2.24) is 0 Å². The van der Waals surface area contributed by atoms with Crippen LogP contribution in [0.15, 0.2) is 30.3 Å². The topological polar surface area (TPSA) is 52.6 Å². The molecule has 0 aromatic heterocycles. The molecule has 15 heavy (non-hydrogen) atoms. The highest BCUT2D eigenvalue weighted by molar-refractivity contribution is 5.92. The molecule has 80 valence electrons. The van der Waals surface area contributed by atoms with Crippen molar-refractivity contribution in [1.29, 1.82) is 0 Å². The van der Waals surface area contributed by atoms with E-state index in [0.717, 1.165) is 0 Å². The fourth-order valence-corrected chi connectivity index (χ4v) is 0.986. The number of benzene rings is 1. The van der Waals surface area contributed by atoms with Crippen molar-refractivity contribution < 1.29 is 19.1 Å². The number of hydrogen-bond acceptors (Lipinski definition) is 4. The second kappa shape index (κ2) is 5.80. The van der Waals surface area contributed by atoms with E-state index >= 15 is 0 Å². The molecule has 1 aromatic carbocycles. The molecule has 0 fully saturated rings. The van der Waals surface area contributed by atoms with Crippen LogP contribution in [0.25, 0.3) is 0 Å². The van der Waals surface area contributed by atoms with Gasteiger partial charge in [-0.15, -0.1) is 0 Å². The number of rotatable bonds is 4. The summed E-state index contributed by atoms with van der Waals surface area (Å²) in [5.41, 5.74) is 0. The van der Waals surface area contributed by atoms with Crippen LogP contribution < -0.4 is 4.74 Å². The fraction of sp³-hybridized carbons (Fsp3) is 0.273. The van der Waals surface area contributed by atoms with Crippen molar-refractivity contribution in [2.24, 2.45) is 0 Å². The molecule has 0 bridgehead atoms. The average molecular weight is 208 g/mol. The molecule has 0 aliphatic carbocycles. The van der Waals surface area contributed by atoms with Gasteiger partial charge in [0.05, 0.1) is 6.61 Å². The van der Waals surface area contributed by atoms with E-state index in [9.17, 15) is 9.59 Å². The Kier molecular flexibility index (Phi) is 4.34. The minimum Gasteiger partial charge on any atom is -0.466 e. The molecule has 0 unspecified atom stereocenters.